The van der Waals surface area contributed by atoms with Crippen LogP contribution in [0.1, 0.15) is 84.0 Å². The summed E-state index contributed by atoms with van der Waals surface area (Å²) in [5, 5.41) is 9.37. The predicted octanol–water partition coefficient (Wildman–Crippen LogP) is 1.09. The standard InChI is InChI=1S/C7H14O.C6H10O.C4H8O.CH3.BrH.Mg/c1-7(8)5-3-2-4-6-7;7-6-4-2-1-3-5-6;1-2-4-5-3-1;;;/h8H,2-6H2,1H3;1-5H2;1-4H2;1H3;1H;/q;;;-1;;+2/p-1. The van der Waals surface area contributed by atoms with Crippen LogP contribution in [0.5, 0.6) is 0 Å². The van der Waals surface area contributed by atoms with Gasteiger partial charge in [0.1, 0.15) is 5.78 Å². The Morgan fingerprint density at radius 1 is 0.870 bits per heavy atom. The minimum absolute atomic E-state index is 0. The first-order valence-electron chi connectivity index (χ1n) is 8.42. The van der Waals surface area contributed by atoms with E-state index < -0.39 is 0 Å². The Bertz CT molecular complexity index is 245. The van der Waals surface area contributed by atoms with Crippen LogP contribution in [0.4, 0.5) is 0 Å². The summed E-state index contributed by atoms with van der Waals surface area (Å²) in [4.78, 5) is 10.5. The second-order valence-electron chi connectivity index (χ2n) is 6.48. The largest absolute Gasteiger partial charge is 2.00 e. The first-order chi connectivity index (χ1) is 9.60. The van der Waals surface area contributed by atoms with Gasteiger partial charge in [0.05, 0.1) is 5.60 Å². The summed E-state index contributed by atoms with van der Waals surface area (Å²) in [6.45, 7) is 3.94. The summed E-state index contributed by atoms with van der Waals surface area (Å²) < 4.78 is 4.94. The van der Waals surface area contributed by atoms with E-state index in [9.17, 15) is 9.90 Å². The van der Waals surface area contributed by atoms with Gasteiger partial charge in [-0.2, -0.15) is 0 Å². The summed E-state index contributed by atoms with van der Waals surface area (Å²) in [5.74, 6) is 0.464. The molecule has 0 aromatic carbocycles. The first-order valence-corrected chi connectivity index (χ1v) is 8.42. The van der Waals surface area contributed by atoms with Gasteiger partial charge in [-0.1, -0.05) is 25.7 Å². The average molecular weight is 404 g/mol. The van der Waals surface area contributed by atoms with Crippen LogP contribution in [0.2, 0.25) is 0 Å². The van der Waals surface area contributed by atoms with E-state index in [0.717, 1.165) is 51.7 Å². The van der Waals surface area contributed by atoms with E-state index in [2.05, 4.69) is 0 Å². The van der Waals surface area contributed by atoms with Crippen LogP contribution in [0.25, 0.3) is 0 Å². The van der Waals surface area contributed by atoms with Crippen LogP contribution in [-0.4, -0.2) is 52.8 Å². The van der Waals surface area contributed by atoms with E-state index in [4.69, 9.17) is 4.74 Å². The monoisotopic (exact) mass is 402 g/mol. The molecule has 5 heteroatoms. The fraction of sp³-hybridized carbons (Fsp3) is 0.889. The van der Waals surface area contributed by atoms with Crippen molar-refractivity contribution in [1.82, 2.24) is 0 Å². The molecule has 0 atom stereocenters. The summed E-state index contributed by atoms with van der Waals surface area (Å²) >= 11 is 0. The second-order valence-corrected chi connectivity index (χ2v) is 6.48. The average Bonchev–Trinajstić information content (AvgIpc) is 2.99. The number of hydrogen-bond acceptors (Lipinski definition) is 3. The molecule has 0 radical (unpaired) electrons. The number of rotatable bonds is 0. The van der Waals surface area contributed by atoms with Crippen LogP contribution < -0.4 is 17.0 Å². The number of carbonyl (C=O) groups is 1. The third-order valence-corrected chi connectivity index (χ3v) is 4.17. The number of ketones is 1. The van der Waals surface area contributed by atoms with E-state index in [1.54, 1.807) is 0 Å². The van der Waals surface area contributed by atoms with Crippen molar-refractivity contribution in [2.75, 3.05) is 13.2 Å². The molecule has 1 heterocycles. The van der Waals surface area contributed by atoms with E-state index in [-0.39, 0.29) is 53.1 Å². The molecule has 2 saturated carbocycles. The van der Waals surface area contributed by atoms with Crippen LogP contribution in [0.15, 0.2) is 0 Å². The minimum atomic E-state index is -0.321. The minimum Gasteiger partial charge on any atom is -1.00 e. The number of aliphatic hydroxyl groups is 1. The number of Topliss-reactive ketones (excluding diaryl/α,β-unsaturated/α-hetero) is 1. The molecule has 3 nitrogen and oxygen atoms in total. The van der Waals surface area contributed by atoms with Gasteiger partial charge < -0.3 is 34.3 Å². The van der Waals surface area contributed by atoms with Crippen molar-refractivity contribution < 1.29 is 31.6 Å². The Kier molecular flexibility index (Phi) is 22.0. The molecule has 2 aliphatic carbocycles. The van der Waals surface area contributed by atoms with Gasteiger partial charge in [0.15, 0.2) is 0 Å². The van der Waals surface area contributed by atoms with Gasteiger partial charge in [-0.15, -0.1) is 0 Å². The fourth-order valence-electron chi connectivity index (χ4n) is 2.77. The molecule has 0 aromatic heterocycles. The van der Waals surface area contributed by atoms with Gasteiger partial charge >= 0.3 is 23.1 Å². The first kappa shape index (κ1) is 28.6. The Hall–Kier alpha value is 0.836. The zero-order chi connectivity index (χ0) is 14.7. The van der Waals surface area contributed by atoms with Crippen molar-refractivity contribution in [3.63, 3.8) is 0 Å². The molecule has 0 bridgehead atoms. The molecule has 3 aliphatic rings. The molecule has 0 unspecified atom stereocenters. The topological polar surface area (TPSA) is 46.5 Å². The van der Waals surface area contributed by atoms with Crippen molar-refractivity contribution in [2.45, 2.75) is 89.6 Å². The number of hydrogen-bond donors (Lipinski definition) is 1. The van der Waals surface area contributed by atoms with E-state index in [0.29, 0.717) is 5.78 Å². The quantitative estimate of drug-likeness (QED) is 0.487. The summed E-state index contributed by atoms with van der Waals surface area (Å²) in [6.07, 6.45) is 13.6. The van der Waals surface area contributed by atoms with Crippen LogP contribution in [-0.2, 0) is 9.53 Å². The summed E-state index contributed by atoms with van der Waals surface area (Å²) in [7, 11) is 0. The van der Waals surface area contributed by atoms with Crippen LogP contribution in [0, 0.1) is 7.43 Å². The van der Waals surface area contributed by atoms with Crippen molar-refractivity contribution in [2.24, 2.45) is 0 Å². The van der Waals surface area contributed by atoms with Crippen LogP contribution in [0.3, 0.4) is 0 Å². The Labute approximate surface area is 170 Å². The summed E-state index contributed by atoms with van der Waals surface area (Å²) in [5.41, 5.74) is -0.321. The number of carbonyl (C=O) groups excluding carboxylic acids is 1. The van der Waals surface area contributed by atoms with E-state index in [1.165, 1.54) is 38.5 Å². The van der Waals surface area contributed by atoms with Crippen LogP contribution >= 0.6 is 0 Å². The molecule has 0 amide bonds. The molecule has 1 saturated heterocycles. The van der Waals surface area contributed by atoms with Gasteiger partial charge in [-0.3, -0.25) is 4.79 Å². The molecule has 0 spiro atoms. The number of halogens is 1. The molecule has 3 rings (SSSR count). The third-order valence-electron chi connectivity index (χ3n) is 4.17. The molecular weight excluding hydrogens is 368 g/mol. The van der Waals surface area contributed by atoms with Gasteiger partial charge in [-0.05, 0) is 45.4 Å². The maximum Gasteiger partial charge on any atom is 2.00 e. The summed E-state index contributed by atoms with van der Waals surface area (Å²) in [6, 6.07) is 0. The van der Waals surface area contributed by atoms with Gasteiger partial charge in [-0.25, -0.2) is 0 Å². The van der Waals surface area contributed by atoms with Gasteiger partial charge in [0.2, 0.25) is 0 Å². The molecule has 1 aliphatic heterocycles. The Balaban J connectivity index is -0.000000250. The molecular formula is C18H35BrMgO3. The predicted molar refractivity (Wildman–Crippen MR) is 94.0 cm³/mol. The molecule has 3 fully saturated rings. The molecule has 134 valence electrons. The fourth-order valence-corrected chi connectivity index (χ4v) is 2.77. The number of ether oxygens (including phenoxy) is 1. The van der Waals surface area contributed by atoms with Crippen molar-refractivity contribution in [3.8, 4) is 0 Å². The maximum absolute atomic E-state index is 10.5. The molecule has 1 N–H and O–H groups in total. The Morgan fingerprint density at radius 3 is 1.52 bits per heavy atom. The van der Waals surface area contributed by atoms with E-state index in [1.807, 2.05) is 6.92 Å². The zero-order valence-corrected chi connectivity index (χ0v) is 18.2. The smallest absolute Gasteiger partial charge is 1.00 e. The molecule has 0 aromatic rings. The van der Waals surface area contributed by atoms with Crippen molar-refractivity contribution in [3.05, 3.63) is 7.43 Å². The van der Waals surface area contributed by atoms with E-state index >= 15 is 0 Å². The van der Waals surface area contributed by atoms with Crippen molar-refractivity contribution in [1.29, 1.82) is 0 Å². The molecule has 23 heavy (non-hydrogen) atoms. The Morgan fingerprint density at radius 2 is 1.30 bits per heavy atom. The maximum atomic E-state index is 10.5. The SMILES string of the molecule is C1CCOC1.CC1(O)CCCCC1.O=C1CCCCC1.[Br-].[CH3-].[Mg+2]. The van der Waals surface area contributed by atoms with Gasteiger partial charge in [0, 0.05) is 26.1 Å². The van der Waals surface area contributed by atoms with Crippen molar-refractivity contribution >= 4 is 28.8 Å². The normalized spacial score (nSPS) is 21.7. The van der Waals surface area contributed by atoms with Gasteiger partial charge in [0.25, 0.3) is 0 Å². The second kappa shape index (κ2) is 17.7. The third kappa shape index (κ3) is 17.4. The zero-order valence-electron chi connectivity index (χ0n) is 15.2.